The van der Waals surface area contributed by atoms with Gasteiger partial charge in [-0.05, 0) is 56.3 Å². The molecule has 0 radical (unpaired) electrons. The lowest BCUT2D eigenvalue weighted by Gasteiger charge is -2.22. The van der Waals surface area contributed by atoms with Crippen LogP contribution in [0.25, 0.3) is 11.0 Å². The Hall–Kier alpha value is -2.38. The molecule has 0 N–H and O–H groups in total. The van der Waals surface area contributed by atoms with Crippen molar-refractivity contribution in [2.24, 2.45) is 4.99 Å². The molecule has 1 atom stereocenters. The summed E-state index contributed by atoms with van der Waals surface area (Å²) >= 11 is 7.60. The molecule has 27 heavy (non-hydrogen) atoms. The van der Waals surface area contributed by atoms with Crippen molar-refractivity contribution in [2.75, 3.05) is 10.7 Å². The van der Waals surface area contributed by atoms with E-state index in [0.717, 1.165) is 23.5 Å². The summed E-state index contributed by atoms with van der Waals surface area (Å²) in [4.78, 5) is 19.7. The van der Waals surface area contributed by atoms with E-state index in [1.165, 1.54) is 0 Å². The van der Waals surface area contributed by atoms with Gasteiger partial charge in [-0.15, -0.1) is 5.10 Å². The summed E-state index contributed by atoms with van der Waals surface area (Å²) in [6.45, 7) is 4.78. The second-order valence-corrected chi connectivity index (χ2v) is 7.72. The first-order chi connectivity index (χ1) is 13.1. The summed E-state index contributed by atoms with van der Waals surface area (Å²) in [5.41, 5.74) is 2.90. The van der Waals surface area contributed by atoms with Crippen LogP contribution >= 0.6 is 23.4 Å². The zero-order valence-electron chi connectivity index (χ0n) is 15.0. The van der Waals surface area contributed by atoms with E-state index in [4.69, 9.17) is 11.6 Å². The number of carbonyl (C=O) groups excluding carboxylic acids is 1. The minimum atomic E-state index is -0.148. The second kappa shape index (κ2) is 7.32. The lowest BCUT2D eigenvalue weighted by Crippen LogP contribution is -2.34. The van der Waals surface area contributed by atoms with Crippen LogP contribution in [0.1, 0.15) is 24.2 Å². The van der Waals surface area contributed by atoms with Crippen LogP contribution in [0, 0.1) is 0 Å². The lowest BCUT2D eigenvalue weighted by atomic mass is 10.1. The first-order valence-corrected chi connectivity index (χ1v) is 10.1. The SMILES string of the molecule is CCn1nnc2cc(C(=O)N(C3=N[C@H](C)CS3)c3ccc(Cl)cc3)ccc21. The molecule has 2 aromatic carbocycles. The number of halogens is 1. The maximum absolute atomic E-state index is 13.4. The maximum atomic E-state index is 13.4. The van der Waals surface area contributed by atoms with Crippen LogP contribution in [-0.2, 0) is 6.54 Å². The van der Waals surface area contributed by atoms with Crippen LogP contribution in [0.2, 0.25) is 5.02 Å². The number of benzene rings is 2. The number of fused-ring (bicyclic) bond motifs is 1. The lowest BCUT2D eigenvalue weighted by molar-refractivity contribution is 0.100. The van der Waals surface area contributed by atoms with Crippen molar-refractivity contribution in [3.05, 3.63) is 53.1 Å². The predicted molar refractivity (Wildman–Crippen MR) is 111 cm³/mol. The van der Waals surface area contributed by atoms with Gasteiger partial charge in [-0.3, -0.25) is 14.7 Å². The smallest absolute Gasteiger partial charge is 0.264 e. The van der Waals surface area contributed by atoms with Gasteiger partial charge in [0.25, 0.3) is 5.91 Å². The second-order valence-electron chi connectivity index (χ2n) is 6.30. The number of rotatable bonds is 3. The molecule has 1 aromatic heterocycles. The Morgan fingerprint density at radius 3 is 2.74 bits per heavy atom. The van der Waals surface area contributed by atoms with E-state index >= 15 is 0 Å². The van der Waals surface area contributed by atoms with Gasteiger partial charge in [-0.2, -0.15) is 0 Å². The summed E-state index contributed by atoms with van der Waals surface area (Å²) in [5, 5.41) is 9.61. The molecule has 0 aliphatic carbocycles. The third-order valence-corrected chi connectivity index (χ3v) is 5.77. The van der Waals surface area contributed by atoms with E-state index in [2.05, 4.69) is 15.3 Å². The number of amides is 1. The predicted octanol–water partition coefficient (Wildman–Crippen LogP) is 4.24. The van der Waals surface area contributed by atoms with E-state index in [-0.39, 0.29) is 11.9 Å². The quantitative estimate of drug-likeness (QED) is 0.660. The fourth-order valence-electron chi connectivity index (χ4n) is 2.95. The molecule has 0 saturated heterocycles. The van der Waals surface area contributed by atoms with E-state index in [1.807, 2.05) is 38.1 Å². The molecular weight excluding hydrogens is 382 g/mol. The van der Waals surface area contributed by atoms with Crippen LogP contribution in [0.4, 0.5) is 5.69 Å². The Morgan fingerprint density at radius 1 is 1.30 bits per heavy atom. The zero-order chi connectivity index (χ0) is 19.0. The van der Waals surface area contributed by atoms with E-state index in [9.17, 15) is 4.79 Å². The minimum absolute atomic E-state index is 0.148. The van der Waals surface area contributed by atoms with Crippen molar-refractivity contribution in [1.29, 1.82) is 0 Å². The highest BCUT2D eigenvalue weighted by Gasteiger charge is 2.28. The topological polar surface area (TPSA) is 63.4 Å². The molecule has 8 heteroatoms. The first kappa shape index (κ1) is 18.0. The number of aryl methyl sites for hydroxylation is 1. The number of thioether (sulfide) groups is 1. The third-order valence-electron chi connectivity index (χ3n) is 4.32. The molecule has 0 fully saturated rings. The molecule has 3 aromatic rings. The van der Waals surface area contributed by atoms with Crippen molar-refractivity contribution in [2.45, 2.75) is 26.4 Å². The van der Waals surface area contributed by atoms with Gasteiger partial charge in [0, 0.05) is 22.9 Å². The number of aromatic nitrogens is 3. The molecule has 6 nitrogen and oxygen atoms in total. The molecule has 4 rings (SSSR count). The number of anilines is 1. The van der Waals surface area contributed by atoms with Gasteiger partial charge < -0.3 is 0 Å². The molecule has 0 saturated carbocycles. The highest BCUT2D eigenvalue weighted by molar-refractivity contribution is 8.14. The molecule has 1 aliphatic heterocycles. The number of carbonyl (C=O) groups is 1. The highest BCUT2D eigenvalue weighted by atomic mass is 35.5. The van der Waals surface area contributed by atoms with Gasteiger partial charge >= 0.3 is 0 Å². The molecule has 0 unspecified atom stereocenters. The summed E-state index contributed by atoms with van der Waals surface area (Å²) in [5.74, 6) is 0.710. The fourth-order valence-corrected chi connectivity index (χ4v) is 4.12. The van der Waals surface area contributed by atoms with Gasteiger partial charge in [-0.1, -0.05) is 28.6 Å². The monoisotopic (exact) mass is 399 g/mol. The number of hydrogen-bond donors (Lipinski definition) is 0. The number of hydrogen-bond acceptors (Lipinski definition) is 5. The first-order valence-electron chi connectivity index (χ1n) is 8.70. The molecule has 0 bridgehead atoms. The average molecular weight is 400 g/mol. The van der Waals surface area contributed by atoms with Crippen LogP contribution in [0.15, 0.2) is 47.5 Å². The molecular formula is C19H18ClN5OS. The Bertz CT molecular complexity index is 1030. The normalized spacial score (nSPS) is 16.6. The van der Waals surface area contributed by atoms with Gasteiger partial charge in [-0.25, -0.2) is 4.68 Å². The molecule has 1 amide bonds. The number of amidine groups is 1. The third kappa shape index (κ3) is 3.44. The minimum Gasteiger partial charge on any atom is -0.268 e. The summed E-state index contributed by atoms with van der Waals surface area (Å²) in [6, 6.07) is 12.9. The summed E-state index contributed by atoms with van der Waals surface area (Å²) in [7, 11) is 0. The van der Waals surface area contributed by atoms with Gasteiger partial charge in [0.15, 0.2) is 5.17 Å². The van der Waals surface area contributed by atoms with Gasteiger partial charge in [0.2, 0.25) is 0 Å². The average Bonchev–Trinajstić information content (AvgIpc) is 3.28. The molecule has 0 spiro atoms. The van der Waals surface area contributed by atoms with Gasteiger partial charge in [0.1, 0.15) is 5.52 Å². The van der Waals surface area contributed by atoms with E-state index in [0.29, 0.717) is 21.3 Å². The van der Waals surface area contributed by atoms with Crippen molar-refractivity contribution in [1.82, 2.24) is 15.0 Å². The van der Waals surface area contributed by atoms with Crippen molar-refractivity contribution in [3.8, 4) is 0 Å². The highest BCUT2D eigenvalue weighted by Crippen LogP contribution is 2.29. The van der Waals surface area contributed by atoms with Crippen LogP contribution in [0.3, 0.4) is 0 Å². The Kier molecular flexibility index (Phi) is 4.88. The van der Waals surface area contributed by atoms with Crippen molar-refractivity contribution in [3.63, 3.8) is 0 Å². The molecule has 2 heterocycles. The van der Waals surface area contributed by atoms with E-state index in [1.54, 1.807) is 39.5 Å². The number of aliphatic imine (C=N–C) groups is 1. The zero-order valence-corrected chi connectivity index (χ0v) is 16.5. The molecule has 1 aliphatic rings. The van der Waals surface area contributed by atoms with Gasteiger partial charge in [0.05, 0.1) is 17.2 Å². The number of nitrogens with zero attached hydrogens (tertiary/aromatic N) is 5. The summed E-state index contributed by atoms with van der Waals surface area (Å²) in [6.07, 6.45) is 0. The summed E-state index contributed by atoms with van der Waals surface area (Å²) < 4.78 is 1.80. The maximum Gasteiger partial charge on any atom is 0.264 e. The Balaban J connectivity index is 1.76. The Morgan fingerprint density at radius 2 is 2.07 bits per heavy atom. The van der Waals surface area contributed by atoms with E-state index < -0.39 is 0 Å². The fraction of sp³-hybridized carbons (Fsp3) is 0.263. The Labute approximate surface area is 166 Å². The standard InChI is InChI=1S/C19H18ClN5OS/c1-3-24-17-9-4-13(10-16(17)22-23-24)18(26)25(19-21-12(2)11-27-19)15-7-5-14(20)6-8-15/h4-10,12H,3,11H2,1-2H3/t12-/m1/s1. The molecule has 138 valence electrons. The van der Waals surface area contributed by atoms with Crippen LogP contribution in [0.5, 0.6) is 0 Å². The largest absolute Gasteiger partial charge is 0.268 e. The van der Waals surface area contributed by atoms with Crippen molar-refractivity contribution >= 4 is 51.2 Å². The van der Waals surface area contributed by atoms with Crippen LogP contribution < -0.4 is 4.90 Å². The van der Waals surface area contributed by atoms with Crippen LogP contribution in [-0.4, -0.2) is 37.9 Å². The van der Waals surface area contributed by atoms with Crippen molar-refractivity contribution < 1.29 is 4.79 Å².